The highest BCUT2D eigenvalue weighted by Gasteiger charge is 2.32. The average molecular weight is 265 g/mol. The first kappa shape index (κ1) is 12.8. The van der Waals surface area contributed by atoms with Crippen LogP contribution in [0.25, 0.3) is 0 Å². The molecule has 0 aliphatic heterocycles. The summed E-state index contributed by atoms with van der Waals surface area (Å²) in [6.45, 7) is 0.519. The lowest BCUT2D eigenvalue weighted by atomic mass is 10.2. The number of hydrogen-bond donors (Lipinski definition) is 2. The first-order chi connectivity index (χ1) is 8.58. The van der Waals surface area contributed by atoms with Gasteiger partial charge in [0.1, 0.15) is 0 Å². The van der Waals surface area contributed by atoms with Gasteiger partial charge >= 0.3 is 0 Å². The minimum absolute atomic E-state index is 0.125. The molecule has 1 aliphatic carbocycles. The molecule has 0 unspecified atom stereocenters. The Morgan fingerprint density at radius 1 is 1.56 bits per heavy atom. The summed E-state index contributed by atoms with van der Waals surface area (Å²) in [5, 5.41) is 0. The Bertz CT molecular complexity index is 522. The Labute approximate surface area is 110 Å². The zero-order valence-corrected chi connectivity index (χ0v) is 10.7. The van der Waals surface area contributed by atoms with E-state index in [2.05, 4.69) is 4.98 Å². The van der Waals surface area contributed by atoms with Crippen molar-refractivity contribution in [2.75, 3.05) is 6.54 Å². The molecule has 1 amide bonds. The van der Waals surface area contributed by atoms with Crippen molar-refractivity contribution in [2.45, 2.75) is 25.3 Å². The number of nitrogens with one attached hydrogen (secondary N) is 1. The maximum absolute atomic E-state index is 12.3. The van der Waals surface area contributed by atoms with Crippen LogP contribution in [0.15, 0.2) is 23.1 Å². The molecule has 96 valence electrons. The monoisotopic (exact) mass is 265 g/mol. The fourth-order valence-corrected chi connectivity index (χ4v) is 1.90. The Hall–Kier alpha value is -1.69. The van der Waals surface area contributed by atoms with E-state index in [1.54, 1.807) is 11.0 Å². The van der Waals surface area contributed by atoms with E-state index in [1.165, 1.54) is 12.3 Å². The molecule has 1 fully saturated rings. The lowest BCUT2D eigenvalue weighted by Gasteiger charge is -2.22. The number of carbonyl (C=O) groups excluding carboxylic acids is 1. The van der Waals surface area contributed by atoms with Gasteiger partial charge in [0.2, 0.25) is 5.56 Å². The van der Waals surface area contributed by atoms with Crippen molar-refractivity contribution in [3.05, 3.63) is 34.2 Å². The average Bonchev–Trinajstić information content (AvgIpc) is 3.13. The van der Waals surface area contributed by atoms with Gasteiger partial charge < -0.3 is 15.6 Å². The van der Waals surface area contributed by atoms with E-state index < -0.39 is 0 Å². The molecule has 18 heavy (non-hydrogen) atoms. The van der Waals surface area contributed by atoms with Crippen LogP contribution in [0.2, 0.25) is 0 Å². The topological polar surface area (TPSA) is 79.2 Å². The molecule has 2 rings (SSSR count). The van der Waals surface area contributed by atoms with Gasteiger partial charge in [-0.15, -0.1) is 0 Å². The van der Waals surface area contributed by atoms with Crippen molar-refractivity contribution in [2.24, 2.45) is 5.73 Å². The van der Waals surface area contributed by atoms with Gasteiger partial charge in [0.05, 0.1) is 4.99 Å². The predicted molar refractivity (Wildman–Crippen MR) is 72.5 cm³/mol. The van der Waals surface area contributed by atoms with E-state index in [1.807, 2.05) is 0 Å². The zero-order chi connectivity index (χ0) is 13.1. The van der Waals surface area contributed by atoms with Gasteiger partial charge in [0.25, 0.3) is 5.91 Å². The van der Waals surface area contributed by atoms with Crippen LogP contribution in [0, 0.1) is 0 Å². The van der Waals surface area contributed by atoms with Crippen LogP contribution in [0.3, 0.4) is 0 Å². The van der Waals surface area contributed by atoms with Crippen LogP contribution in [-0.2, 0) is 0 Å². The first-order valence-corrected chi connectivity index (χ1v) is 6.27. The molecule has 1 aromatic heterocycles. The van der Waals surface area contributed by atoms with E-state index in [0.717, 1.165) is 12.8 Å². The molecule has 1 heterocycles. The largest absolute Gasteiger partial charge is 0.393 e. The number of nitrogens with zero attached hydrogens (tertiary/aromatic N) is 1. The van der Waals surface area contributed by atoms with Crippen molar-refractivity contribution in [3.8, 4) is 0 Å². The molecular weight excluding hydrogens is 250 g/mol. The SMILES string of the molecule is NC(=S)CCN(C(=O)c1cc[nH]c(=O)c1)C1CC1. The van der Waals surface area contributed by atoms with Gasteiger partial charge in [0.15, 0.2) is 0 Å². The molecule has 1 aliphatic rings. The summed E-state index contributed by atoms with van der Waals surface area (Å²) in [5.41, 5.74) is 5.60. The summed E-state index contributed by atoms with van der Waals surface area (Å²) in [7, 11) is 0. The molecule has 0 spiro atoms. The number of carbonyl (C=O) groups is 1. The maximum atomic E-state index is 12.3. The zero-order valence-electron chi connectivity index (χ0n) is 9.89. The predicted octanol–water partition coefficient (Wildman–Crippen LogP) is 0.656. The lowest BCUT2D eigenvalue weighted by molar-refractivity contribution is 0.0748. The van der Waals surface area contributed by atoms with Crippen molar-refractivity contribution in [3.63, 3.8) is 0 Å². The number of pyridine rings is 1. The smallest absolute Gasteiger partial charge is 0.254 e. The van der Waals surface area contributed by atoms with Gasteiger partial charge in [0, 0.05) is 36.8 Å². The van der Waals surface area contributed by atoms with Crippen LogP contribution in [0.4, 0.5) is 0 Å². The molecule has 0 atom stereocenters. The summed E-state index contributed by atoms with van der Waals surface area (Å²) in [6.07, 6.45) is 4.01. The van der Waals surface area contributed by atoms with Gasteiger partial charge in [-0.3, -0.25) is 9.59 Å². The van der Waals surface area contributed by atoms with Crippen molar-refractivity contribution >= 4 is 23.1 Å². The Balaban J connectivity index is 2.12. The normalized spacial score (nSPS) is 14.2. The summed E-state index contributed by atoms with van der Waals surface area (Å²) in [4.78, 5) is 28.1. The number of amides is 1. The molecule has 1 saturated carbocycles. The van der Waals surface area contributed by atoms with E-state index in [4.69, 9.17) is 18.0 Å². The van der Waals surface area contributed by atoms with Crippen molar-refractivity contribution < 1.29 is 4.79 Å². The van der Waals surface area contributed by atoms with Crippen LogP contribution in [0.1, 0.15) is 29.6 Å². The van der Waals surface area contributed by atoms with E-state index >= 15 is 0 Å². The molecule has 1 aromatic rings. The van der Waals surface area contributed by atoms with Crippen LogP contribution in [-0.4, -0.2) is 33.4 Å². The Kier molecular flexibility index (Phi) is 3.76. The van der Waals surface area contributed by atoms with Crippen molar-refractivity contribution in [1.29, 1.82) is 0 Å². The number of aromatic nitrogens is 1. The highest BCUT2D eigenvalue weighted by Crippen LogP contribution is 2.28. The number of aromatic amines is 1. The van der Waals surface area contributed by atoms with Gasteiger partial charge in [-0.2, -0.15) is 0 Å². The standard InChI is InChI=1S/C12H15N3O2S/c13-10(18)4-6-15(9-1-2-9)12(17)8-3-5-14-11(16)7-8/h3,5,7,9H,1-2,4,6H2,(H2,13,18)(H,14,16). The maximum Gasteiger partial charge on any atom is 0.254 e. The lowest BCUT2D eigenvalue weighted by Crippen LogP contribution is -2.36. The molecule has 6 heteroatoms. The molecule has 3 N–H and O–H groups in total. The summed E-state index contributed by atoms with van der Waals surface area (Å²) in [6, 6.07) is 3.20. The number of nitrogens with two attached hydrogens (primary N) is 1. The van der Waals surface area contributed by atoms with E-state index in [0.29, 0.717) is 23.5 Å². The van der Waals surface area contributed by atoms with Crippen LogP contribution >= 0.6 is 12.2 Å². The minimum atomic E-state index is -0.272. The molecular formula is C12H15N3O2S. The fraction of sp³-hybridized carbons (Fsp3) is 0.417. The second kappa shape index (κ2) is 5.30. The number of thiocarbonyl (C=S) groups is 1. The van der Waals surface area contributed by atoms with E-state index in [9.17, 15) is 9.59 Å². The summed E-state index contributed by atoms with van der Waals surface area (Å²) in [5.74, 6) is -0.125. The van der Waals surface area contributed by atoms with Crippen molar-refractivity contribution in [1.82, 2.24) is 9.88 Å². The molecule has 0 bridgehead atoms. The van der Waals surface area contributed by atoms with Gasteiger partial charge in [-0.1, -0.05) is 12.2 Å². The van der Waals surface area contributed by atoms with E-state index in [-0.39, 0.29) is 17.5 Å². The van der Waals surface area contributed by atoms with Crippen LogP contribution in [0.5, 0.6) is 0 Å². The highest BCUT2D eigenvalue weighted by molar-refractivity contribution is 7.80. The first-order valence-electron chi connectivity index (χ1n) is 5.86. The minimum Gasteiger partial charge on any atom is -0.393 e. The number of H-pyrrole nitrogens is 1. The third-order valence-corrected chi connectivity index (χ3v) is 3.07. The molecule has 0 saturated heterocycles. The highest BCUT2D eigenvalue weighted by atomic mass is 32.1. The van der Waals surface area contributed by atoms with Crippen LogP contribution < -0.4 is 11.3 Å². The number of rotatable bonds is 5. The molecule has 5 nitrogen and oxygen atoms in total. The molecule has 0 aromatic carbocycles. The second-order valence-electron chi connectivity index (χ2n) is 4.39. The summed E-state index contributed by atoms with van der Waals surface area (Å²) < 4.78 is 0. The Morgan fingerprint density at radius 2 is 2.28 bits per heavy atom. The third-order valence-electron chi connectivity index (χ3n) is 2.87. The second-order valence-corrected chi connectivity index (χ2v) is 4.91. The fourth-order valence-electron chi connectivity index (χ4n) is 1.81. The molecule has 0 radical (unpaired) electrons. The van der Waals surface area contributed by atoms with Gasteiger partial charge in [-0.05, 0) is 18.9 Å². The third kappa shape index (κ3) is 3.16. The van der Waals surface area contributed by atoms with Gasteiger partial charge in [-0.25, -0.2) is 0 Å². The Morgan fingerprint density at radius 3 is 2.83 bits per heavy atom. The summed E-state index contributed by atoms with van der Waals surface area (Å²) >= 11 is 4.83. The quantitative estimate of drug-likeness (QED) is 0.766. The number of hydrogen-bond acceptors (Lipinski definition) is 3.